The molecule has 72 valence electrons. The fourth-order valence-electron chi connectivity index (χ4n) is 1.65. The number of aryl methyl sites for hydroxylation is 3. The molecule has 0 saturated carbocycles. The predicted molar refractivity (Wildman–Crippen MR) is 58.1 cm³/mol. The molecule has 2 rings (SSSR count). The molecule has 1 aromatic heterocycles. The van der Waals surface area contributed by atoms with Crippen molar-refractivity contribution in [3.63, 3.8) is 0 Å². The van der Waals surface area contributed by atoms with E-state index in [1.807, 2.05) is 24.1 Å². The second kappa shape index (κ2) is 3.29. The summed E-state index contributed by atoms with van der Waals surface area (Å²) in [6, 6.07) is 6.44. The SMILES string of the molecule is Cc1ccc(-c2cn(C)cn2)c(C)c1. The van der Waals surface area contributed by atoms with Crippen molar-refractivity contribution < 1.29 is 0 Å². The van der Waals surface area contributed by atoms with Crippen LogP contribution in [0.5, 0.6) is 0 Å². The molecule has 1 heterocycles. The lowest BCUT2D eigenvalue weighted by molar-refractivity contribution is 0.913. The van der Waals surface area contributed by atoms with Crippen LogP contribution >= 0.6 is 0 Å². The van der Waals surface area contributed by atoms with Gasteiger partial charge in [0.15, 0.2) is 0 Å². The van der Waals surface area contributed by atoms with Crippen molar-refractivity contribution in [1.82, 2.24) is 9.55 Å². The first-order valence-electron chi connectivity index (χ1n) is 4.72. The number of rotatable bonds is 1. The highest BCUT2D eigenvalue weighted by Crippen LogP contribution is 2.21. The molecule has 0 saturated heterocycles. The molecule has 14 heavy (non-hydrogen) atoms. The third kappa shape index (κ3) is 1.55. The Balaban J connectivity index is 2.52. The van der Waals surface area contributed by atoms with Gasteiger partial charge in [0.2, 0.25) is 0 Å². The fourth-order valence-corrected chi connectivity index (χ4v) is 1.65. The molecule has 0 aliphatic rings. The number of benzene rings is 1. The summed E-state index contributed by atoms with van der Waals surface area (Å²) in [5.74, 6) is 0. The van der Waals surface area contributed by atoms with E-state index in [4.69, 9.17) is 0 Å². The van der Waals surface area contributed by atoms with Gasteiger partial charge in [0.05, 0.1) is 12.0 Å². The van der Waals surface area contributed by atoms with Crippen molar-refractivity contribution in [3.05, 3.63) is 41.9 Å². The van der Waals surface area contributed by atoms with E-state index in [0.29, 0.717) is 0 Å². The van der Waals surface area contributed by atoms with E-state index in [1.54, 1.807) is 0 Å². The Hall–Kier alpha value is -1.57. The summed E-state index contributed by atoms with van der Waals surface area (Å²) in [6.45, 7) is 4.23. The fraction of sp³-hybridized carbons (Fsp3) is 0.250. The monoisotopic (exact) mass is 186 g/mol. The van der Waals surface area contributed by atoms with Gasteiger partial charge in [0.25, 0.3) is 0 Å². The van der Waals surface area contributed by atoms with E-state index in [2.05, 4.69) is 37.0 Å². The van der Waals surface area contributed by atoms with Crippen LogP contribution in [-0.2, 0) is 7.05 Å². The van der Waals surface area contributed by atoms with Crippen LogP contribution in [0.3, 0.4) is 0 Å². The topological polar surface area (TPSA) is 17.8 Å². The Bertz CT molecular complexity index is 455. The van der Waals surface area contributed by atoms with Gasteiger partial charge in [-0.05, 0) is 19.4 Å². The van der Waals surface area contributed by atoms with E-state index in [-0.39, 0.29) is 0 Å². The summed E-state index contributed by atoms with van der Waals surface area (Å²) in [4.78, 5) is 4.34. The summed E-state index contributed by atoms with van der Waals surface area (Å²) < 4.78 is 1.97. The number of hydrogen-bond acceptors (Lipinski definition) is 1. The van der Waals surface area contributed by atoms with Crippen LogP contribution in [0.4, 0.5) is 0 Å². The quantitative estimate of drug-likeness (QED) is 0.669. The van der Waals surface area contributed by atoms with Crippen molar-refractivity contribution >= 4 is 0 Å². The third-order valence-corrected chi connectivity index (χ3v) is 2.36. The molecule has 0 N–H and O–H groups in total. The number of aromatic nitrogens is 2. The number of nitrogens with zero attached hydrogens (tertiary/aromatic N) is 2. The maximum atomic E-state index is 4.34. The Kier molecular flexibility index (Phi) is 2.12. The standard InChI is InChI=1S/C12H14N2/c1-9-4-5-11(10(2)6-9)12-7-14(3)8-13-12/h4-8H,1-3H3. The predicted octanol–water partition coefficient (Wildman–Crippen LogP) is 2.70. The highest BCUT2D eigenvalue weighted by atomic mass is 15.0. The smallest absolute Gasteiger partial charge is 0.0951 e. The molecule has 0 radical (unpaired) electrons. The molecule has 2 nitrogen and oxygen atoms in total. The highest BCUT2D eigenvalue weighted by molar-refractivity contribution is 5.63. The lowest BCUT2D eigenvalue weighted by atomic mass is 10.0. The van der Waals surface area contributed by atoms with Gasteiger partial charge < -0.3 is 4.57 Å². The van der Waals surface area contributed by atoms with Crippen LogP contribution < -0.4 is 0 Å². The molecule has 2 aromatic rings. The van der Waals surface area contributed by atoms with Gasteiger partial charge in [-0.15, -0.1) is 0 Å². The molecule has 0 aliphatic carbocycles. The van der Waals surface area contributed by atoms with Gasteiger partial charge in [0, 0.05) is 18.8 Å². The second-order valence-corrected chi connectivity index (χ2v) is 3.74. The normalized spacial score (nSPS) is 10.5. The molecule has 0 amide bonds. The first-order chi connectivity index (χ1) is 6.66. The zero-order valence-electron chi connectivity index (χ0n) is 8.78. The van der Waals surface area contributed by atoms with E-state index in [9.17, 15) is 0 Å². The van der Waals surface area contributed by atoms with Crippen LogP contribution in [-0.4, -0.2) is 9.55 Å². The first kappa shape index (κ1) is 9.00. The summed E-state index contributed by atoms with van der Waals surface area (Å²) >= 11 is 0. The minimum absolute atomic E-state index is 1.05. The summed E-state index contributed by atoms with van der Waals surface area (Å²) in [7, 11) is 1.99. The van der Waals surface area contributed by atoms with Gasteiger partial charge in [-0.3, -0.25) is 0 Å². The van der Waals surface area contributed by atoms with E-state index >= 15 is 0 Å². The van der Waals surface area contributed by atoms with Gasteiger partial charge >= 0.3 is 0 Å². The van der Waals surface area contributed by atoms with E-state index in [1.165, 1.54) is 16.7 Å². The zero-order valence-corrected chi connectivity index (χ0v) is 8.78. The molecule has 0 spiro atoms. The first-order valence-corrected chi connectivity index (χ1v) is 4.72. The molecule has 1 aromatic carbocycles. The Morgan fingerprint density at radius 1 is 1.21 bits per heavy atom. The van der Waals surface area contributed by atoms with E-state index < -0.39 is 0 Å². The highest BCUT2D eigenvalue weighted by Gasteiger charge is 2.03. The van der Waals surface area contributed by atoms with Crippen LogP contribution in [0.2, 0.25) is 0 Å². The van der Waals surface area contributed by atoms with Crippen LogP contribution in [0.15, 0.2) is 30.7 Å². The van der Waals surface area contributed by atoms with Crippen molar-refractivity contribution in [1.29, 1.82) is 0 Å². The lowest BCUT2D eigenvalue weighted by Crippen LogP contribution is -1.84. The minimum Gasteiger partial charge on any atom is -0.340 e. The van der Waals surface area contributed by atoms with Crippen molar-refractivity contribution in [2.45, 2.75) is 13.8 Å². The van der Waals surface area contributed by atoms with Crippen LogP contribution in [0.25, 0.3) is 11.3 Å². The van der Waals surface area contributed by atoms with Crippen molar-refractivity contribution in [3.8, 4) is 11.3 Å². The molecular weight excluding hydrogens is 172 g/mol. The van der Waals surface area contributed by atoms with E-state index in [0.717, 1.165) is 5.69 Å². The van der Waals surface area contributed by atoms with Gasteiger partial charge in [0.1, 0.15) is 0 Å². The second-order valence-electron chi connectivity index (χ2n) is 3.74. The number of imidazole rings is 1. The zero-order chi connectivity index (χ0) is 10.1. The van der Waals surface area contributed by atoms with Gasteiger partial charge in [-0.2, -0.15) is 0 Å². The summed E-state index contributed by atoms with van der Waals surface area (Å²) in [5.41, 5.74) is 4.84. The molecule has 0 atom stereocenters. The van der Waals surface area contributed by atoms with Crippen LogP contribution in [0.1, 0.15) is 11.1 Å². The van der Waals surface area contributed by atoms with Crippen LogP contribution in [0, 0.1) is 13.8 Å². The average Bonchev–Trinajstić information content (AvgIpc) is 2.51. The maximum Gasteiger partial charge on any atom is 0.0951 e. The third-order valence-electron chi connectivity index (χ3n) is 2.36. The molecule has 0 fully saturated rings. The number of hydrogen-bond donors (Lipinski definition) is 0. The minimum atomic E-state index is 1.05. The molecule has 0 bridgehead atoms. The van der Waals surface area contributed by atoms with Gasteiger partial charge in [-0.1, -0.05) is 23.8 Å². The molecule has 2 heteroatoms. The van der Waals surface area contributed by atoms with Crippen molar-refractivity contribution in [2.75, 3.05) is 0 Å². The largest absolute Gasteiger partial charge is 0.340 e. The lowest BCUT2D eigenvalue weighted by Gasteiger charge is -2.03. The summed E-state index contributed by atoms with van der Waals surface area (Å²) in [5, 5.41) is 0. The molecule has 0 aliphatic heterocycles. The Labute approximate surface area is 84.2 Å². The van der Waals surface area contributed by atoms with Crippen molar-refractivity contribution in [2.24, 2.45) is 7.05 Å². The van der Waals surface area contributed by atoms with Gasteiger partial charge in [-0.25, -0.2) is 4.98 Å². The maximum absolute atomic E-state index is 4.34. The molecular formula is C12H14N2. The Morgan fingerprint density at radius 2 is 2.00 bits per heavy atom. The summed E-state index contributed by atoms with van der Waals surface area (Å²) in [6.07, 6.45) is 3.87. The Morgan fingerprint density at radius 3 is 2.57 bits per heavy atom. The molecule has 0 unspecified atom stereocenters. The average molecular weight is 186 g/mol.